The van der Waals surface area contributed by atoms with E-state index in [0.29, 0.717) is 16.5 Å². The van der Waals surface area contributed by atoms with Crippen LogP contribution in [0.4, 0.5) is 5.95 Å². The third-order valence-corrected chi connectivity index (χ3v) is 4.03. The van der Waals surface area contributed by atoms with E-state index < -0.39 is 0 Å². The third-order valence-electron chi connectivity index (χ3n) is 3.06. The lowest BCUT2D eigenvalue weighted by atomic mass is 10.2. The van der Waals surface area contributed by atoms with E-state index >= 15 is 0 Å². The predicted molar refractivity (Wildman–Crippen MR) is 84.7 cm³/mol. The van der Waals surface area contributed by atoms with Gasteiger partial charge in [0, 0.05) is 10.5 Å². The normalized spacial score (nSPS) is 10.9. The average molecular weight is 353 g/mol. The van der Waals surface area contributed by atoms with Crippen LogP contribution in [0.3, 0.4) is 0 Å². The average Bonchev–Trinajstić information content (AvgIpc) is 2.77. The summed E-state index contributed by atoms with van der Waals surface area (Å²) in [6.07, 6.45) is 0. The van der Waals surface area contributed by atoms with Crippen molar-refractivity contribution >= 4 is 44.5 Å². The maximum atomic E-state index is 6.16. The summed E-state index contributed by atoms with van der Waals surface area (Å²) in [5, 5.41) is 0.576. The largest absolute Gasteiger partial charge is 0.497 e. The van der Waals surface area contributed by atoms with Gasteiger partial charge in [0.2, 0.25) is 5.95 Å². The Hall–Kier alpha value is -1.72. The Bertz CT molecular complexity index is 800. The number of nitrogens with two attached hydrogens (primary N) is 1. The summed E-state index contributed by atoms with van der Waals surface area (Å²) in [5.41, 5.74) is 8.43. The van der Waals surface area contributed by atoms with E-state index in [4.69, 9.17) is 22.1 Å². The van der Waals surface area contributed by atoms with Crippen LogP contribution in [-0.2, 0) is 0 Å². The molecule has 0 radical (unpaired) electrons. The highest BCUT2D eigenvalue weighted by Crippen LogP contribution is 2.33. The topological polar surface area (TPSA) is 53.1 Å². The molecule has 4 nitrogen and oxygen atoms in total. The van der Waals surface area contributed by atoms with Crippen LogP contribution in [0, 0.1) is 0 Å². The molecular weight excluding hydrogens is 342 g/mol. The Morgan fingerprint density at radius 2 is 2.10 bits per heavy atom. The number of imidazole rings is 1. The van der Waals surface area contributed by atoms with Crippen molar-refractivity contribution < 1.29 is 4.74 Å². The van der Waals surface area contributed by atoms with E-state index in [-0.39, 0.29) is 0 Å². The van der Waals surface area contributed by atoms with Gasteiger partial charge in [-0.2, -0.15) is 0 Å². The highest BCUT2D eigenvalue weighted by Gasteiger charge is 2.14. The van der Waals surface area contributed by atoms with Crippen molar-refractivity contribution in [1.29, 1.82) is 0 Å². The van der Waals surface area contributed by atoms with Gasteiger partial charge in [-0.3, -0.25) is 4.57 Å². The molecule has 0 amide bonds. The van der Waals surface area contributed by atoms with Crippen molar-refractivity contribution in [1.82, 2.24) is 9.55 Å². The molecule has 0 fully saturated rings. The smallest absolute Gasteiger partial charge is 0.206 e. The Balaban J connectivity index is 2.35. The lowest BCUT2D eigenvalue weighted by molar-refractivity contribution is 0.414. The van der Waals surface area contributed by atoms with Crippen LogP contribution < -0.4 is 10.5 Å². The van der Waals surface area contributed by atoms with Gasteiger partial charge in [-0.1, -0.05) is 17.7 Å². The summed E-state index contributed by atoms with van der Waals surface area (Å²) in [6.45, 7) is 0. The molecule has 3 aromatic rings. The molecule has 0 saturated heterocycles. The fraction of sp³-hybridized carbons (Fsp3) is 0.0714. The Morgan fingerprint density at radius 3 is 2.85 bits per heavy atom. The number of benzene rings is 2. The van der Waals surface area contributed by atoms with Crippen molar-refractivity contribution in [3.63, 3.8) is 0 Å². The minimum atomic E-state index is 0.377. The zero-order valence-electron chi connectivity index (χ0n) is 10.6. The summed E-state index contributed by atoms with van der Waals surface area (Å²) in [5.74, 6) is 1.12. The lowest BCUT2D eigenvalue weighted by Gasteiger charge is -2.10. The number of nitrogens with zero attached hydrogens (tertiary/aromatic N) is 2. The molecule has 2 aromatic carbocycles. The standard InChI is InChI=1S/C14H11BrClN3O/c1-20-8-5-6-9(15)12(7-8)19-11-4-2-3-10(16)13(11)18-14(19)17/h2-7H,1H3,(H2,17,18). The van der Waals surface area contributed by atoms with Gasteiger partial charge in [-0.25, -0.2) is 4.98 Å². The van der Waals surface area contributed by atoms with E-state index in [1.54, 1.807) is 13.2 Å². The van der Waals surface area contributed by atoms with Gasteiger partial charge < -0.3 is 10.5 Å². The number of ether oxygens (including phenoxy) is 1. The van der Waals surface area contributed by atoms with Gasteiger partial charge in [0.1, 0.15) is 11.3 Å². The summed E-state index contributed by atoms with van der Waals surface area (Å²) in [4.78, 5) is 4.33. The number of aromatic nitrogens is 2. The molecule has 0 aliphatic heterocycles. The SMILES string of the molecule is COc1ccc(Br)c(-n2c(N)nc3c(Cl)cccc32)c1. The van der Waals surface area contributed by atoms with Crippen molar-refractivity contribution in [2.75, 3.05) is 12.8 Å². The number of rotatable bonds is 2. The van der Waals surface area contributed by atoms with Crippen LogP contribution >= 0.6 is 27.5 Å². The molecule has 6 heteroatoms. The summed E-state index contributed by atoms with van der Waals surface area (Å²) < 4.78 is 8.00. The first-order valence-electron chi connectivity index (χ1n) is 5.88. The number of nitrogen functional groups attached to an aromatic ring is 1. The van der Waals surface area contributed by atoms with Crippen LogP contribution in [0.2, 0.25) is 5.02 Å². The van der Waals surface area contributed by atoms with Crippen molar-refractivity contribution in [2.24, 2.45) is 0 Å². The molecule has 2 N–H and O–H groups in total. The number of anilines is 1. The monoisotopic (exact) mass is 351 g/mol. The van der Waals surface area contributed by atoms with Crippen molar-refractivity contribution in [2.45, 2.75) is 0 Å². The van der Waals surface area contributed by atoms with E-state index in [2.05, 4.69) is 20.9 Å². The quantitative estimate of drug-likeness (QED) is 0.757. The predicted octanol–water partition coefficient (Wildman–Crippen LogP) is 4.03. The molecule has 3 rings (SSSR count). The number of methoxy groups -OCH3 is 1. The molecule has 0 aliphatic rings. The molecule has 20 heavy (non-hydrogen) atoms. The second-order valence-electron chi connectivity index (χ2n) is 4.23. The second kappa shape index (κ2) is 5.00. The van der Waals surface area contributed by atoms with Gasteiger partial charge >= 0.3 is 0 Å². The molecule has 1 heterocycles. The highest BCUT2D eigenvalue weighted by atomic mass is 79.9. The third kappa shape index (κ3) is 2.03. The van der Waals surface area contributed by atoms with Gasteiger partial charge in [-0.15, -0.1) is 0 Å². The van der Waals surface area contributed by atoms with Gasteiger partial charge in [0.25, 0.3) is 0 Å². The van der Waals surface area contributed by atoms with Gasteiger partial charge in [-0.05, 0) is 40.2 Å². The van der Waals surface area contributed by atoms with Gasteiger partial charge in [0.05, 0.1) is 23.3 Å². The zero-order valence-corrected chi connectivity index (χ0v) is 12.9. The summed E-state index contributed by atoms with van der Waals surface area (Å²) >= 11 is 9.69. The van der Waals surface area contributed by atoms with Crippen LogP contribution in [0.15, 0.2) is 40.9 Å². The van der Waals surface area contributed by atoms with Crippen LogP contribution in [-0.4, -0.2) is 16.7 Å². The minimum Gasteiger partial charge on any atom is -0.497 e. The van der Waals surface area contributed by atoms with E-state index in [1.165, 1.54) is 0 Å². The number of para-hydroxylation sites is 1. The van der Waals surface area contributed by atoms with Crippen LogP contribution in [0.5, 0.6) is 5.75 Å². The van der Waals surface area contributed by atoms with Crippen molar-refractivity contribution in [3.05, 3.63) is 45.9 Å². The Kier molecular flexibility index (Phi) is 3.31. The number of halogens is 2. The maximum Gasteiger partial charge on any atom is 0.206 e. The summed E-state index contributed by atoms with van der Waals surface area (Å²) in [6, 6.07) is 11.3. The molecule has 0 saturated carbocycles. The van der Waals surface area contributed by atoms with E-state index in [1.807, 2.05) is 34.9 Å². The minimum absolute atomic E-state index is 0.377. The highest BCUT2D eigenvalue weighted by molar-refractivity contribution is 9.10. The van der Waals surface area contributed by atoms with Crippen molar-refractivity contribution in [3.8, 4) is 11.4 Å². The fourth-order valence-electron chi connectivity index (χ4n) is 2.13. The first kappa shape index (κ1) is 13.3. The lowest BCUT2D eigenvalue weighted by Crippen LogP contribution is -2.01. The molecule has 0 unspecified atom stereocenters. The van der Waals surface area contributed by atoms with E-state index in [0.717, 1.165) is 21.4 Å². The van der Waals surface area contributed by atoms with Crippen LogP contribution in [0.1, 0.15) is 0 Å². The molecule has 0 aliphatic carbocycles. The molecule has 1 aromatic heterocycles. The van der Waals surface area contributed by atoms with Crippen LogP contribution in [0.25, 0.3) is 16.7 Å². The Labute approximate surface area is 129 Å². The zero-order chi connectivity index (χ0) is 14.3. The van der Waals surface area contributed by atoms with Gasteiger partial charge in [0.15, 0.2) is 0 Å². The number of hydrogen-bond acceptors (Lipinski definition) is 3. The first-order valence-corrected chi connectivity index (χ1v) is 7.05. The first-order chi connectivity index (χ1) is 9.61. The summed E-state index contributed by atoms with van der Waals surface area (Å²) in [7, 11) is 1.62. The molecule has 102 valence electrons. The molecule has 0 spiro atoms. The number of hydrogen-bond donors (Lipinski definition) is 1. The maximum absolute atomic E-state index is 6.16. The molecule has 0 bridgehead atoms. The Morgan fingerprint density at radius 1 is 1.30 bits per heavy atom. The fourth-order valence-corrected chi connectivity index (χ4v) is 2.76. The van der Waals surface area contributed by atoms with E-state index in [9.17, 15) is 0 Å². The number of fused-ring (bicyclic) bond motifs is 1. The molecular formula is C14H11BrClN3O. The second-order valence-corrected chi connectivity index (χ2v) is 5.49. The molecule has 0 atom stereocenters.